The average molecular weight is 229 g/mol. The van der Waals surface area contributed by atoms with Crippen molar-refractivity contribution in [3.8, 4) is 12.3 Å². The second-order valence-electron chi connectivity index (χ2n) is 2.91. The van der Waals surface area contributed by atoms with Crippen LogP contribution in [0.25, 0.3) is 0 Å². The summed E-state index contributed by atoms with van der Waals surface area (Å²) in [7, 11) is 0. The van der Waals surface area contributed by atoms with Gasteiger partial charge in [0.15, 0.2) is 0 Å². The summed E-state index contributed by atoms with van der Waals surface area (Å²) < 4.78 is 1.14. The Morgan fingerprint density at radius 3 is 2.64 bits per heavy atom. The summed E-state index contributed by atoms with van der Waals surface area (Å²) in [5.41, 5.74) is 1.07. The summed E-state index contributed by atoms with van der Waals surface area (Å²) in [6.45, 7) is 4.09. The standard InChI is InChI=1S/C9H9BrS/c1-4-9(2,3)7-5-8(10)11-6-7/h1,5-6H,2-3H3. The van der Waals surface area contributed by atoms with Gasteiger partial charge in [0, 0.05) is 0 Å². The molecule has 1 heterocycles. The van der Waals surface area contributed by atoms with E-state index in [2.05, 4.69) is 33.3 Å². The molecule has 0 saturated heterocycles. The van der Waals surface area contributed by atoms with E-state index in [1.165, 1.54) is 5.56 Å². The van der Waals surface area contributed by atoms with Crippen LogP contribution in [0.4, 0.5) is 0 Å². The maximum Gasteiger partial charge on any atom is 0.0701 e. The van der Waals surface area contributed by atoms with Gasteiger partial charge in [0.25, 0.3) is 0 Å². The van der Waals surface area contributed by atoms with Crippen LogP contribution in [0.3, 0.4) is 0 Å². The Hall–Kier alpha value is -0.260. The molecule has 0 saturated carbocycles. The van der Waals surface area contributed by atoms with Crippen molar-refractivity contribution in [1.29, 1.82) is 0 Å². The second-order valence-corrected chi connectivity index (χ2v) is 5.20. The molecule has 0 nitrogen and oxygen atoms in total. The Bertz CT molecular complexity index is 291. The van der Waals surface area contributed by atoms with Gasteiger partial charge in [-0.2, -0.15) is 0 Å². The van der Waals surface area contributed by atoms with Gasteiger partial charge in [0.1, 0.15) is 0 Å². The van der Waals surface area contributed by atoms with Crippen LogP contribution in [0.5, 0.6) is 0 Å². The summed E-state index contributed by atoms with van der Waals surface area (Å²) in [4.78, 5) is 0. The summed E-state index contributed by atoms with van der Waals surface area (Å²) >= 11 is 5.07. The maximum absolute atomic E-state index is 5.39. The van der Waals surface area contributed by atoms with Crippen LogP contribution in [0.15, 0.2) is 15.2 Å². The minimum Gasteiger partial charge on any atom is -0.136 e. The molecule has 0 aliphatic heterocycles. The monoisotopic (exact) mass is 228 g/mol. The molecule has 0 aliphatic carbocycles. The van der Waals surface area contributed by atoms with Crippen LogP contribution >= 0.6 is 27.3 Å². The van der Waals surface area contributed by atoms with Crippen LogP contribution in [-0.2, 0) is 5.41 Å². The molecule has 11 heavy (non-hydrogen) atoms. The highest BCUT2D eigenvalue weighted by Crippen LogP contribution is 2.29. The topological polar surface area (TPSA) is 0 Å². The largest absolute Gasteiger partial charge is 0.136 e. The normalized spacial score (nSPS) is 11.1. The SMILES string of the molecule is C#CC(C)(C)c1csc(Br)c1. The van der Waals surface area contributed by atoms with Gasteiger partial charge in [-0.1, -0.05) is 5.92 Å². The first-order chi connectivity index (χ1) is 5.06. The van der Waals surface area contributed by atoms with E-state index < -0.39 is 0 Å². The van der Waals surface area contributed by atoms with Crippen molar-refractivity contribution >= 4 is 27.3 Å². The molecule has 0 aromatic carbocycles. The van der Waals surface area contributed by atoms with E-state index in [0.29, 0.717) is 0 Å². The van der Waals surface area contributed by atoms with Gasteiger partial charge in [-0.15, -0.1) is 17.8 Å². The van der Waals surface area contributed by atoms with Crippen molar-refractivity contribution in [3.05, 3.63) is 20.8 Å². The number of hydrogen-bond donors (Lipinski definition) is 0. The zero-order valence-electron chi connectivity index (χ0n) is 6.52. The Labute approximate surface area is 79.8 Å². The van der Waals surface area contributed by atoms with Gasteiger partial charge in [-0.05, 0) is 46.8 Å². The van der Waals surface area contributed by atoms with Crippen molar-refractivity contribution < 1.29 is 0 Å². The number of hydrogen-bond acceptors (Lipinski definition) is 1. The van der Waals surface area contributed by atoms with Gasteiger partial charge in [-0.25, -0.2) is 0 Å². The first-order valence-corrected chi connectivity index (χ1v) is 4.96. The van der Waals surface area contributed by atoms with Gasteiger partial charge in [-0.3, -0.25) is 0 Å². The third-order valence-corrected chi connectivity index (χ3v) is 3.15. The molecule has 0 bridgehead atoms. The molecule has 1 rings (SSSR count). The van der Waals surface area contributed by atoms with Crippen LogP contribution in [-0.4, -0.2) is 0 Å². The van der Waals surface area contributed by atoms with E-state index in [-0.39, 0.29) is 5.41 Å². The molecule has 2 heteroatoms. The Kier molecular flexibility index (Phi) is 2.41. The van der Waals surface area contributed by atoms with Gasteiger partial charge in [0.2, 0.25) is 0 Å². The highest BCUT2D eigenvalue weighted by atomic mass is 79.9. The highest BCUT2D eigenvalue weighted by Gasteiger charge is 2.17. The molecule has 0 radical (unpaired) electrons. The molecule has 0 fully saturated rings. The fraction of sp³-hybridized carbons (Fsp3) is 0.333. The Morgan fingerprint density at radius 1 is 1.64 bits per heavy atom. The van der Waals surface area contributed by atoms with E-state index in [4.69, 9.17) is 6.42 Å². The lowest BCUT2D eigenvalue weighted by Crippen LogP contribution is -2.11. The Balaban J connectivity index is 3.04. The molecule has 1 aromatic rings. The predicted octanol–water partition coefficient (Wildman–Crippen LogP) is 3.42. The van der Waals surface area contributed by atoms with E-state index in [9.17, 15) is 0 Å². The Morgan fingerprint density at radius 2 is 2.27 bits per heavy atom. The zero-order chi connectivity index (χ0) is 8.48. The highest BCUT2D eigenvalue weighted by molar-refractivity contribution is 9.11. The van der Waals surface area contributed by atoms with Crippen molar-refractivity contribution in [2.24, 2.45) is 0 Å². The molecule has 0 spiro atoms. The summed E-state index contributed by atoms with van der Waals surface area (Å²) in [6.07, 6.45) is 5.39. The molecule has 58 valence electrons. The zero-order valence-corrected chi connectivity index (χ0v) is 8.92. The number of terminal acetylenes is 1. The van der Waals surface area contributed by atoms with E-state index in [1.807, 2.05) is 13.8 Å². The molecule has 0 aliphatic rings. The van der Waals surface area contributed by atoms with Crippen LogP contribution in [0.2, 0.25) is 0 Å². The van der Waals surface area contributed by atoms with Crippen molar-refractivity contribution in [3.63, 3.8) is 0 Å². The van der Waals surface area contributed by atoms with E-state index >= 15 is 0 Å². The smallest absolute Gasteiger partial charge is 0.0701 e. The molecular weight excluding hydrogens is 220 g/mol. The summed E-state index contributed by atoms with van der Waals surface area (Å²) in [5.74, 6) is 2.76. The van der Waals surface area contributed by atoms with Gasteiger partial charge in [0.05, 0.1) is 9.20 Å². The van der Waals surface area contributed by atoms with Crippen molar-refractivity contribution in [2.45, 2.75) is 19.3 Å². The maximum atomic E-state index is 5.39. The molecule has 0 amide bonds. The predicted molar refractivity (Wildman–Crippen MR) is 53.9 cm³/mol. The van der Waals surface area contributed by atoms with Crippen molar-refractivity contribution in [2.75, 3.05) is 0 Å². The fourth-order valence-electron chi connectivity index (χ4n) is 0.721. The van der Waals surface area contributed by atoms with Crippen LogP contribution in [0.1, 0.15) is 19.4 Å². The lowest BCUT2D eigenvalue weighted by atomic mass is 9.88. The number of halogens is 1. The first kappa shape index (κ1) is 8.83. The quantitative estimate of drug-likeness (QED) is 0.647. The number of thiophene rings is 1. The van der Waals surface area contributed by atoms with Crippen LogP contribution in [0, 0.1) is 12.3 Å². The summed E-state index contributed by atoms with van der Waals surface area (Å²) in [6, 6.07) is 2.07. The first-order valence-electron chi connectivity index (χ1n) is 3.28. The second kappa shape index (κ2) is 3.00. The lowest BCUT2D eigenvalue weighted by molar-refractivity contribution is 0.702. The molecule has 0 N–H and O–H groups in total. The molecule has 0 unspecified atom stereocenters. The average Bonchev–Trinajstić information content (AvgIpc) is 2.36. The number of rotatable bonds is 1. The lowest BCUT2D eigenvalue weighted by Gasteiger charge is -2.14. The molecule has 0 atom stereocenters. The van der Waals surface area contributed by atoms with E-state index in [0.717, 1.165) is 3.79 Å². The molecular formula is C9H9BrS. The summed E-state index contributed by atoms with van der Waals surface area (Å²) in [5, 5.41) is 2.09. The third kappa shape index (κ3) is 1.85. The van der Waals surface area contributed by atoms with Gasteiger partial charge < -0.3 is 0 Å². The minimum atomic E-state index is -0.136. The molecule has 1 aromatic heterocycles. The van der Waals surface area contributed by atoms with Crippen LogP contribution < -0.4 is 0 Å². The minimum absolute atomic E-state index is 0.136. The van der Waals surface area contributed by atoms with Crippen molar-refractivity contribution in [1.82, 2.24) is 0 Å². The van der Waals surface area contributed by atoms with Gasteiger partial charge >= 0.3 is 0 Å². The fourth-order valence-corrected chi connectivity index (χ4v) is 2.05. The van der Waals surface area contributed by atoms with E-state index in [1.54, 1.807) is 11.3 Å². The third-order valence-electron chi connectivity index (χ3n) is 1.65.